The van der Waals surface area contributed by atoms with Gasteiger partial charge >= 0.3 is 0 Å². The Balaban J connectivity index is 1.71. The van der Waals surface area contributed by atoms with Gasteiger partial charge < -0.3 is 16.4 Å². The van der Waals surface area contributed by atoms with Gasteiger partial charge in [0.15, 0.2) is 5.96 Å². The van der Waals surface area contributed by atoms with Crippen molar-refractivity contribution >= 4 is 11.9 Å². The number of amides is 1. The van der Waals surface area contributed by atoms with Crippen molar-refractivity contribution < 1.29 is 4.79 Å². The van der Waals surface area contributed by atoms with Gasteiger partial charge in [0.2, 0.25) is 5.91 Å². The van der Waals surface area contributed by atoms with Crippen LogP contribution in [0.25, 0.3) is 0 Å². The molecular formula is C23H30N4O. The molecule has 0 saturated heterocycles. The van der Waals surface area contributed by atoms with Gasteiger partial charge in [-0.1, -0.05) is 55.3 Å². The molecule has 1 aliphatic rings. The largest absolute Gasteiger partial charge is 0.366 e. The van der Waals surface area contributed by atoms with Gasteiger partial charge in [-0.3, -0.25) is 4.79 Å². The normalized spacial score (nSPS) is 16.0. The maximum Gasteiger partial charge on any atom is 0.248 e. The summed E-state index contributed by atoms with van der Waals surface area (Å²) in [5.74, 6) is 0.385. The Morgan fingerprint density at radius 1 is 1.07 bits per heavy atom. The number of guanidine groups is 1. The molecule has 0 bridgehead atoms. The number of carbonyl (C=O) groups is 1. The highest BCUT2D eigenvalue weighted by Gasteiger charge is 2.35. The van der Waals surface area contributed by atoms with Crippen molar-refractivity contribution in [2.24, 2.45) is 10.7 Å². The summed E-state index contributed by atoms with van der Waals surface area (Å²) in [6, 6.07) is 18.1. The molecule has 1 amide bonds. The molecule has 1 fully saturated rings. The number of aliphatic imine (C=N–C) groups is 1. The summed E-state index contributed by atoms with van der Waals surface area (Å²) >= 11 is 0. The van der Waals surface area contributed by atoms with Gasteiger partial charge in [-0.2, -0.15) is 0 Å². The Kier molecular flexibility index (Phi) is 6.69. The quantitative estimate of drug-likeness (QED) is 0.511. The summed E-state index contributed by atoms with van der Waals surface area (Å²) in [5, 5.41) is 6.89. The molecule has 0 spiro atoms. The van der Waals surface area contributed by atoms with Gasteiger partial charge in [-0.25, -0.2) is 4.99 Å². The van der Waals surface area contributed by atoms with Gasteiger partial charge in [0.05, 0.1) is 6.54 Å². The van der Waals surface area contributed by atoms with Crippen LogP contribution in [-0.4, -0.2) is 25.0 Å². The van der Waals surface area contributed by atoms with Crippen molar-refractivity contribution in [2.45, 2.75) is 44.6 Å². The van der Waals surface area contributed by atoms with E-state index in [9.17, 15) is 4.79 Å². The predicted molar refractivity (Wildman–Crippen MR) is 114 cm³/mol. The lowest BCUT2D eigenvalue weighted by molar-refractivity contribution is 0.1000. The zero-order valence-corrected chi connectivity index (χ0v) is 16.6. The van der Waals surface area contributed by atoms with Crippen LogP contribution < -0.4 is 16.4 Å². The van der Waals surface area contributed by atoms with Gasteiger partial charge in [-0.05, 0) is 43.0 Å². The number of rotatable bonds is 7. The third-order valence-electron chi connectivity index (χ3n) is 5.52. The van der Waals surface area contributed by atoms with Crippen LogP contribution in [-0.2, 0) is 12.0 Å². The number of nitrogens with two attached hydrogens (primary N) is 1. The van der Waals surface area contributed by atoms with E-state index in [2.05, 4.69) is 47.9 Å². The van der Waals surface area contributed by atoms with Gasteiger partial charge in [0.1, 0.15) is 0 Å². The first-order valence-corrected chi connectivity index (χ1v) is 10.1. The first kappa shape index (κ1) is 19.9. The Morgan fingerprint density at radius 2 is 1.82 bits per heavy atom. The van der Waals surface area contributed by atoms with E-state index in [-0.39, 0.29) is 5.41 Å². The molecule has 1 aliphatic carbocycles. The van der Waals surface area contributed by atoms with Crippen molar-refractivity contribution in [1.29, 1.82) is 0 Å². The lowest BCUT2D eigenvalue weighted by atomic mass is 9.79. The standard InChI is InChI=1S/C23H30N4O/c1-2-25-22(26-16-18-9-8-10-19(15-18)21(24)28)27-17-23(13-6-7-14-23)20-11-4-3-5-12-20/h3-5,8-12,15H,2,6-7,13-14,16-17H2,1H3,(H2,24,28)(H2,25,26,27). The van der Waals surface area contributed by atoms with Crippen LogP contribution in [0.4, 0.5) is 0 Å². The smallest absolute Gasteiger partial charge is 0.248 e. The Labute approximate surface area is 167 Å². The zero-order chi connectivity index (χ0) is 19.8. The molecule has 0 aliphatic heterocycles. The Morgan fingerprint density at radius 3 is 2.50 bits per heavy atom. The van der Waals surface area contributed by atoms with Crippen molar-refractivity contribution in [1.82, 2.24) is 10.6 Å². The third kappa shape index (κ3) is 4.91. The SMILES string of the molecule is CCNC(=NCc1cccc(C(N)=O)c1)NCC1(c2ccccc2)CCCC1. The highest BCUT2D eigenvalue weighted by molar-refractivity contribution is 5.92. The molecule has 0 heterocycles. The number of hydrogen-bond acceptors (Lipinski definition) is 2. The van der Waals surface area contributed by atoms with Crippen LogP contribution in [0.3, 0.4) is 0 Å². The van der Waals surface area contributed by atoms with E-state index in [1.807, 2.05) is 12.1 Å². The molecule has 28 heavy (non-hydrogen) atoms. The minimum atomic E-state index is -0.415. The maximum atomic E-state index is 11.4. The molecule has 4 N–H and O–H groups in total. The minimum Gasteiger partial charge on any atom is -0.366 e. The molecule has 148 valence electrons. The number of carbonyl (C=O) groups excluding carboxylic acids is 1. The van der Waals surface area contributed by atoms with Crippen LogP contribution in [0.5, 0.6) is 0 Å². The average Bonchev–Trinajstić information content (AvgIpc) is 3.21. The first-order chi connectivity index (χ1) is 13.6. The summed E-state index contributed by atoms with van der Waals surface area (Å²) in [4.78, 5) is 16.1. The van der Waals surface area contributed by atoms with Gasteiger partial charge in [-0.15, -0.1) is 0 Å². The number of nitrogens with zero attached hydrogens (tertiary/aromatic N) is 1. The molecule has 5 heteroatoms. The molecule has 0 aromatic heterocycles. The van der Waals surface area contributed by atoms with E-state index in [0.29, 0.717) is 12.1 Å². The zero-order valence-electron chi connectivity index (χ0n) is 16.6. The third-order valence-corrected chi connectivity index (χ3v) is 5.52. The average molecular weight is 379 g/mol. The van der Waals surface area contributed by atoms with Gasteiger partial charge in [0.25, 0.3) is 0 Å². The molecular weight excluding hydrogens is 348 g/mol. The maximum absolute atomic E-state index is 11.4. The van der Waals surface area contributed by atoms with Crippen LogP contribution in [0, 0.1) is 0 Å². The fraction of sp³-hybridized carbons (Fsp3) is 0.391. The molecule has 0 radical (unpaired) electrons. The van der Waals surface area contributed by atoms with Gasteiger partial charge in [0, 0.05) is 24.1 Å². The highest BCUT2D eigenvalue weighted by atomic mass is 16.1. The van der Waals surface area contributed by atoms with Crippen molar-refractivity contribution in [3.05, 3.63) is 71.3 Å². The van der Waals surface area contributed by atoms with E-state index >= 15 is 0 Å². The molecule has 3 rings (SSSR count). The lowest BCUT2D eigenvalue weighted by Gasteiger charge is -2.30. The second-order valence-corrected chi connectivity index (χ2v) is 7.47. The Hall–Kier alpha value is -2.82. The van der Waals surface area contributed by atoms with Crippen LogP contribution in [0.1, 0.15) is 54.1 Å². The Bertz CT molecular complexity index is 810. The molecule has 0 unspecified atom stereocenters. The fourth-order valence-electron chi connectivity index (χ4n) is 4.00. The van der Waals surface area contributed by atoms with Crippen LogP contribution in [0.2, 0.25) is 0 Å². The number of hydrogen-bond donors (Lipinski definition) is 3. The first-order valence-electron chi connectivity index (χ1n) is 10.1. The summed E-state index contributed by atoms with van der Waals surface area (Å²) in [6.45, 7) is 4.22. The van der Waals surface area contributed by atoms with E-state index < -0.39 is 5.91 Å². The van der Waals surface area contributed by atoms with Crippen molar-refractivity contribution in [3.8, 4) is 0 Å². The molecule has 2 aromatic rings. The van der Waals surface area contributed by atoms with Crippen LogP contribution >= 0.6 is 0 Å². The second-order valence-electron chi connectivity index (χ2n) is 7.47. The van der Waals surface area contributed by atoms with E-state index in [1.54, 1.807) is 12.1 Å². The predicted octanol–water partition coefficient (Wildman–Crippen LogP) is 3.35. The van der Waals surface area contributed by atoms with E-state index in [4.69, 9.17) is 10.7 Å². The molecule has 2 aromatic carbocycles. The number of benzene rings is 2. The second kappa shape index (κ2) is 9.40. The summed E-state index contributed by atoms with van der Waals surface area (Å²) in [5.41, 5.74) is 8.43. The summed E-state index contributed by atoms with van der Waals surface area (Å²) in [7, 11) is 0. The van der Waals surface area contributed by atoms with Crippen molar-refractivity contribution in [2.75, 3.05) is 13.1 Å². The topological polar surface area (TPSA) is 79.5 Å². The van der Waals surface area contributed by atoms with E-state index in [1.165, 1.54) is 31.2 Å². The number of nitrogens with one attached hydrogen (secondary N) is 2. The van der Waals surface area contributed by atoms with Crippen LogP contribution in [0.15, 0.2) is 59.6 Å². The fourth-order valence-corrected chi connectivity index (χ4v) is 4.00. The molecule has 1 saturated carbocycles. The molecule has 0 atom stereocenters. The number of primary amides is 1. The summed E-state index contributed by atoms with van der Waals surface area (Å²) < 4.78 is 0. The molecule has 5 nitrogen and oxygen atoms in total. The monoisotopic (exact) mass is 378 g/mol. The highest BCUT2D eigenvalue weighted by Crippen LogP contribution is 2.40. The summed E-state index contributed by atoms with van der Waals surface area (Å²) in [6.07, 6.45) is 4.93. The minimum absolute atomic E-state index is 0.170. The van der Waals surface area contributed by atoms with E-state index in [0.717, 1.165) is 24.6 Å². The lowest BCUT2D eigenvalue weighted by Crippen LogP contribution is -2.44. The van der Waals surface area contributed by atoms with Crippen molar-refractivity contribution in [3.63, 3.8) is 0 Å².